The van der Waals surface area contributed by atoms with Gasteiger partial charge < -0.3 is 4.52 Å². The van der Waals surface area contributed by atoms with E-state index in [1.54, 1.807) is 6.07 Å². The van der Waals surface area contributed by atoms with E-state index in [0.717, 1.165) is 12.2 Å². The van der Waals surface area contributed by atoms with Crippen LogP contribution >= 0.6 is 0 Å². The van der Waals surface area contributed by atoms with E-state index in [1.165, 1.54) is 13.8 Å². The van der Waals surface area contributed by atoms with Crippen molar-refractivity contribution >= 4 is 0 Å². The van der Waals surface area contributed by atoms with Crippen LogP contribution in [0.25, 0.3) is 0 Å². The molecule has 1 unspecified atom stereocenters. The molecular weight excluding hydrogens is 169 g/mol. The number of rotatable bonds is 3. The van der Waals surface area contributed by atoms with Gasteiger partial charge in [-0.05, 0) is 20.3 Å². The Bertz CT molecular complexity index is 275. The van der Waals surface area contributed by atoms with Crippen LogP contribution in [0, 0.1) is 0 Å². The van der Waals surface area contributed by atoms with Crippen LogP contribution in [0.4, 0.5) is 4.39 Å². The highest BCUT2D eigenvalue weighted by molar-refractivity contribution is 5.14. The summed E-state index contributed by atoms with van der Waals surface area (Å²) >= 11 is 0. The van der Waals surface area contributed by atoms with Gasteiger partial charge in [0.2, 0.25) is 0 Å². The Morgan fingerprint density at radius 1 is 1.62 bits per heavy atom. The maximum absolute atomic E-state index is 13.4. The van der Waals surface area contributed by atoms with Crippen LogP contribution < -0.4 is 0 Å². The molecule has 0 bridgehead atoms. The molecule has 0 amide bonds. The second-order valence-electron chi connectivity index (χ2n) is 3.90. The minimum Gasteiger partial charge on any atom is -0.361 e. The molecule has 74 valence electrons. The molecule has 1 heterocycles. The molecule has 0 radical (unpaired) electrons. The summed E-state index contributed by atoms with van der Waals surface area (Å²) in [7, 11) is 0. The number of nitrogens with zero attached hydrogens (tertiary/aromatic N) is 1. The lowest BCUT2D eigenvalue weighted by atomic mass is 10.0. The van der Waals surface area contributed by atoms with Gasteiger partial charge in [-0.15, -0.1) is 0 Å². The summed E-state index contributed by atoms with van der Waals surface area (Å²) in [5, 5.41) is 3.71. The molecule has 0 aliphatic rings. The minimum absolute atomic E-state index is 0.309. The number of alkyl halides is 1. The molecule has 0 saturated carbocycles. The van der Waals surface area contributed by atoms with Crippen LogP contribution in [0.15, 0.2) is 10.6 Å². The molecule has 1 rings (SSSR count). The van der Waals surface area contributed by atoms with E-state index >= 15 is 0 Å². The third-order valence-electron chi connectivity index (χ3n) is 2.24. The van der Waals surface area contributed by atoms with Crippen molar-refractivity contribution in [2.45, 2.75) is 45.7 Å². The largest absolute Gasteiger partial charge is 0.361 e. The molecule has 3 heteroatoms. The Morgan fingerprint density at radius 3 is 2.62 bits per heavy atom. The highest BCUT2D eigenvalue weighted by atomic mass is 19.1. The number of hydrogen-bond donors (Lipinski definition) is 0. The second-order valence-corrected chi connectivity index (χ2v) is 3.90. The van der Waals surface area contributed by atoms with Crippen LogP contribution in [0.3, 0.4) is 0 Å². The van der Waals surface area contributed by atoms with Crippen LogP contribution in [0.5, 0.6) is 0 Å². The topological polar surface area (TPSA) is 26.0 Å². The van der Waals surface area contributed by atoms with Gasteiger partial charge in [0, 0.05) is 12.0 Å². The molecule has 0 fully saturated rings. The van der Waals surface area contributed by atoms with Crippen molar-refractivity contribution in [2.75, 3.05) is 0 Å². The quantitative estimate of drug-likeness (QED) is 0.721. The zero-order valence-electron chi connectivity index (χ0n) is 8.60. The lowest BCUT2D eigenvalue weighted by molar-refractivity contribution is 0.203. The first kappa shape index (κ1) is 10.2. The molecule has 0 N–H and O–H groups in total. The summed E-state index contributed by atoms with van der Waals surface area (Å²) in [5.41, 5.74) is -1.03. The van der Waals surface area contributed by atoms with Crippen molar-refractivity contribution in [2.24, 2.45) is 0 Å². The zero-order chi connectivity index (χ0) is 10.1. The SMILES string of the molecule is CCC(C)c1cc(C(C)(C)F)no1. The van der Waals surface area contributed by atoms with Crippen LogP contribution in [-0.4, -0.2) is 5.16 Å². The van der Waals surface area contributed by atoms with Gasteiger partial charge in [-0.1, -0.05) is 19.0 Å². The molecule has 1 aromatic heterocycles. The maximum atomic E-state index is 13.4. The Hall–Kier alpha value is -0.860. The van der Waals surface area contributed by atoms with Crippen molar-refractivity contribution in [3.8, 4) is 0 Å². The monoisotopic (exact) mass is 185 g/mol. The molecule has 2 nitrogen and oxygen atoms in total. The first-order valence-electron chi connectivity index (χ1n) is 4.61. The van der Waals surface area contributed by atoms with E-state index in [2.05, 4.69) is 12.1 Å². The Balaban J connectivity index is 2.87. The first-order valence-corrected chi connectivity index (χ1v) is 4.61. The highest BCUT2D eigenvalue weighted by Crippen LogP contribution is 2.27. The predicted octanol–water partition coefficient (Wildman–Crippen LogP) is 3.39. The number of aromatic nitrogens is 1. The average molecular weight is 185 g/mol. The lowest BCUT2D eigenvalue weighted by Crippen LogP contribution is -2.08. The molecule has 0 aromatic carbocycles. The fraction of sp³-hybridized carbons (Fsp3) is 0.700. The average Bonchev–Trinajstić information content (AvgIpc) is 2.50. The first-order chi connectivity index (χ1) is 5.95. The zero-order valence-corrected chi connectivity index (χ0v) is 8.60. The van der Waals surface area contributed by atoms with Crippen molar-refractivity contribution < 1.29 is 8.91 Å². The van der Waals surface area contributed by atoms with Gasteiger partial charge in [0.25, 0.3) is 0 Å². The van der Waals surface area contributed by atoms with E-state index in [4.69, 9.17) is 4.52 Å². The summed E-state index contributed by atoms with van der Waals surface area (Å²) in [6.07, 6.45) is 0.974. The molecule has 13 heavy (non-hydrogen) atoms. The van der Waals surface area contributed by atoms with Gasteiger partial charge in [0.1, 0.15) is 11.5 Å². The Labute approximate surface area is 78.1 Å². The van der Waals surface area contributed by atoms with E-state index in [9.17, 15) is 4.39 Å². The molecule has 0 spiro atoms. The van der Waals surface area contributed by atoms with Crippen LogP contribution in [-0.2, 0) is 5.67 Å². The fourth-order valence-electron chi connectivity index (χ4n) is 1.00. The van der Waals surface area contributed by atoms with E-state index in [1.807, 2.05) is 6.92 Å². The standard InChI is InChI=1S/C10H16FNO/c1-5-7(2)8-6-9(12-13-8)10(3,4)11/h6-7H,5H2,1-4H3. The van der Waals surface area contributed by atoms with Gasteiger partial charge in [-0.25, -0.2) is 4.39 Å². The minimum atomic E-state index is -1.41. The number of hydrogen-bond acceptors (Lipinski definition) is 2. The summed E-state index contributed by atoms with van der Waals surface area (Å²) in [6.45, 7) is 7.06. The van der Waals surface area contributed by atoms with Gasteiger partial charge in [0.15, 0.2) is 5.67 Å². The summed E-state index contributed by atoms with van der Waals surface area (Å²) in [5.74, 6) is 1.08. The molecule has 1 atom stereocenters. The molecule has 1 aromatic rings. The molecular formula is C10H16FNO. The van der Waals surface area contributed by atoms with Crippen molar-refractivity contribution in [1.29, 1.82) is 0 Å². The predicted molar refractivity (Wildman–Crippen MR) is 49.3 cm³/mol. The second kappa shape index (κ2) is 3.48. The lowest BCUT2D eigenvalue weighted by Gasteiger charge is -2.07. The van der Waals surface area contributed by atoms with Crippen molar-refractivity contribution in [3.63, 3.8) is 0 Å². The summed E-state index contributed by atoms with van der Waals surface area (Å²) < 4.78 is 18.4. The van der Waals surface area contributed by atoms with Crippen molar-refractivity contribution in [3.05, 3.63) is 17.5 Å². The van der Waals surface area contributed by atoms with Gasteiger partial charge in [-0.3, -0.25) is 0 Å². The molecule has 0 aliphatic heterocycles. The summed E-state index contributed by atoms with van der Waals surface area (Å²) in [4.78, 5) is 0. The Kier molecular flexibility index (Phi) is 2.74. The van der Waals surface area contributed by atoms with Gasteiger partial charge in [-0.2, -0.15) is 0 Å². The van der Waals surface area contributed by atoms with E-state index < -0.39 is 5.67 Å². The normalized spacial score (nSPS) is 14.5. The molecule has 0 aliphatic carbocycles. The third-order valence-corrected chi connectivity index (χ3v) is 2.24. The third kappa shape index (κ3) is 2.29. The summed E-state index contributed by atoms with van der Waals surface area (Å²) in [6, 6.07) is 1.70. The highest BCUT2D eigenvalue weighted by Gasteiger charge is 2.24. The van der Waals surface area contributed by atoms with Gasteiger partial charge in [0.05, 0.1) is 0 Å². The smallest absolute Gasteiger partial charge is 0.150 e. The van der Waals surface area contributed by atoms with Gasteiger partial charge >= 0.3 is 0 Å². The number of halogens is 1. The van der Waals surface area contributed by atoms with E-state index in [0.29, 0.717) is 11.6 Å². The van der Waals surface area contributed by atoms with Crippen LogP contribution in [0.2, 0.25) is 0 Å². The Morgan fingerprint density at radius 2 is 2.23 bits per heavy atom. The maximum Gasteiger partial charge on any atom is 0.150 e. The van der Waals surface area contributed by atoms with E-state index in [-0.39, 0.29) is 0 Å². The van der Waals surface area contributed by atoms with Crippen molar-refractivity contribution in [1.82, 2.24) is 5.16 Å². The fourth-order valence-corrected chi connectivity index (χ4v) is 1.00. The van der Waals surface area contributed by atoms with Crippen LogP contribution in [0.1, 0.15) is 51.5 Å². The molecule has 0 saturated heterocycles.